The SMILES string of the molecule is CC(C)(C)OC(=O)N1CCCC1CNCc1cc2ccccc2o1.O=C(O)C(F)(F)F. The van der Waals surface area contributed by atoms with Gasteiger partial charge < -0.3 is 24.5 Å². The number of carboxylic acid groups (broad SMARTS) is 1. The highest BCUT2D eigenvalue weighted by molar-refractivity contribution is 5.77. The number of carbonyl (C=O) groups is 2. The summed E-state index contributed by atoms with van der Waals surface area (Å²) >= 11 is 0. The number of halogens is 3. The molecule has 1 unspecified atom stereocenters. The Hall–Kier alpha value is -2.75. The molecule has 0 aliphatic carbocycles. The molecule has 1 atom stereocenters. The van der Waals surface area contributed by atoms with E-state index in [0.29, 0.717) is 6.54 Å². The minimum absolute atomic E-state index is 0.184. The molecule has 0 saturated carbocycles. The molecule has 1 aromatic heterocycles. The van der Waals surface area contributed by atoms with E-state index in [1.54, 1.807) is 0 Å². The number of amides is 1. The van der Waals surface area contributed by atoms with Crippen molar-refractivity contribution in [2.75, 3.05) is 13.1 Å². The first-order valence-corrected chi connectivity index (χ1v) is 9.85. The predicted octanol–water partition coefficient (Wildman–Crippen LogP) is 4.56. The normalized spacial score (nSPS) is 16.7. The number of rotatable bonds is 4. The van der Waals surface area contributed by atoms with Gasteiger partial charge >= 0.3 is 18.2 Å². The number of ether oxygens (including phenoxy) is 1. The van der Waals surface area contributed by atoms with Crippen LogP contribution in [0.3, 0.4) is 0 Å². The predicted molar refractivity (Wildman–Crippen MR) is 108 cm³/mol. The van der Waals surface area contributed by atoms with Gasteiger partial charge in [-0.25, -0.2) is 9.59 Å². The molecule has 172 valence electrons. The van der Waals surface area contributed by atoms with Crippen molar-refractivity contribution in [2.45, 2.75) is 58.0 Å². The molecule has 2 N–H and O–H groups in total. The second-order valence-corrected chi connectivity index (χ2v) is 8.15. The van der Waals surface area contributed by atoms with E-state index in [1.165, 1.54) is 0 Å². The van der Waals surface area contributed by atoms with Crippen LogP contribution in [0.5, 0.6) is 0 Å². The molecule has 3 rings (SSSR count). The summed E-state index contributed by atoms with van der Waals surface area (Å²) in [6.07, 6.45) is -3.27. The molecule has 0 radical (unpaired) electrons. The number of hydrogen-bond acceptors (Lipinski definition) is 5. The van der Waals surface area contributed by atoms with Crippen LogP contribution in [0, 0.1) is 0 Å². The molecule has 1 amide bonds. The zero-order valence-corrected chi connectivity index (χ0v) is 17.7. The first-order chi connectivity index (χ1) is 14.4. The third-order valence-electron chi connectivity index (χ3n) is 4.40. The summed E-state index contributed by atoms with van der Waals surface area (Å²) in [4.78, 5) is 23.0. The average molecular weight is 444 g/mol. The maximum atomic E-state index is 12.3. The van der Waals surface area contributed by atoms with Crippen molar-refractivity contribution < 1.29 is 37.0 Å². The molecular weight excluding hydrogens is 417 g/mol. The van der Waals surface area contributed by atoms with Gasteiger partial charge in [-0.3, -0.25) is 0 Å². The first-order valence-electron chi connectivity index (χ1n) is 9.85. The summed E-state index contributed by atoms with van der Waals surface area (Å²) in [7, 11) is 0. The van der Waals surface area contributed by atoms with Gasteiger partial charge in [-0.2, -0.15) is 13.2 Å². The summed E-state index contributed by atoms with van der Waals surface area (Å²) in [5.41, 5.74) is 0.455. The molecule has 1 aliphatic heterocycles. The maximum Gasteiger partial charge on any atom is 0.490 e. The molecule has 1 aromatic carbocycles. The van der Waals surface area contributed by atoms with E-state index in [9.17, 15) is 18.0 Å². The van der Waals surface area contributed by atoms with Crippen LogP contribution in [0.25, 0.3) is 11.0 Å². The number of alkyl halides is 3. The van der Waals surface area contributed by atoms with Crippen molar-refractivity contribution in [3.8, 4) is 0 Å². The summed E-state index contributed by atoms with van der Waals surface area (Å²) < 4.78 is 43.0. The molecule has 1 aliphatic rings. The molecule has 0 bridgehead atoms. The molecule has 2 aromatic rings. The lowest BCUT2D eigenvalue weighted by Gasteiger charge is -2.28. The zero-order valence-electron chi connectivity index (χ0n) is 17.7. The minimum Gasteiger partial charge on any atom is -0.475 e. The van der Waals surface area contributed by atoms with Crippen molar-refractivity contribution in [1.82, 2.24) is 10.2 Å². The highest BCUT2D eigenvalue weighted by Gasteiger charge is 2.38. The fourth-order valence-electron chi connectivity index (χ4n) is 3.09. The van der Waals surface area contributed by atoms with Gasteiger partial charge in [-0.1, -0.05) is 18.2 Å². The largest absolute Gasteiger partial charge is 0.490 e. The van der Waals surface area contributed by atoms with Crippen LogP contribution < -0.4 is 5.32 Å². The third-order valence-corrected chi connectivity index (χ3v) is 4.40. The van der Waals surface area contributed by atoms with Crippen molar-refractivity contribution >= 4 is 23.0 Å². The van der Waals surface area contributed by atoms with Gasteiger partial charge in [0.05, 0.1) is 6.54 Å². The van der Waals surface area contributed by atoms with Gasteiger partial charge in [-0.05, 0) is 45.7 Å². The molecular formula is C21H27F3N2O5. The Bertz CT molecular complexity index is 856. The Balaban J connectivity index is 0.000000423. The Morgan fingerprint density at radius 2 is 1.90 bits per heavy atom. The lowest BCUT2D eigenvalue weighted by Crippen LogP contribution is -2.43. The van der Waals surface area contributed by atoms with E-state index in [1.807, 2.05) is 49.9 Å². The second-order valence-electron chi connectivity index (χ2n) is 8.15. The van der Waals surface area contributed by atoms with Gasteiger partial charge in [-0.15, -0.1) is 0 Å². The fraction of sp³-hybridized carbons (Fsp3) is 0.524. The molecule has 2 heterocycles. The van der Waals surface area contributed by atoms with E-state index in [0.717, 1.165) is 42.7 Å². The summed E-state index contributed by atoms with van der Waals surface area (Å²) in [6.45, 7) is 7.87. The summed E-state index contributed by atoms with van der Waals surface area (Å²) in [6, 6.07) is 10.2. The van der Waals surface area contributed by atoms with Gasteiger partial charge in [0, 0.05) is 24.5 Å². The van der Waals surface area contributed by atoms with Gasteiger partial charge in [0.2, 0.25) is 0 Å². The molecule has 1 fully saturated rings. The Morgan fingerprint density at radius 3 is 2.48 bits per heavy atom. The zero-order chi connectivity index (χ0) is 23.2. The molecule has 10 heteroatoms. The molecule has 1 saturated heterocycles. The van der Waals surface area contributed by atoms with Crippen LogP contribution in [0.1, 0.15) is 39.4 Å². The number of aliphatic carboxylic acids is 1. The lowest BCUT2D eigenvalue weighted by molar-refractivity contribution is -0.192. The number of furan rings is 1. The lowest BCUT2D eigenvalue weighted by atomic mass is 10.2. The van der Waals surface area contributed by atoms with Crippen molar-refractivity contribution in [3.05, 3.63) is 36.1 Å². The number of nitrogens with zero attached hydrogens (tertiary/aromatic N) is 1. The fourth-order valence-corrected chi connectivity index (χ4v) is 3.09. The van der Waals surface area contributed by atoms with Crippen molar-refractivity contribution in [3.63, 3.8) is 0 Å². The maximum absolute atomic E-state index is 12.3. The minimum atomic E-state index is -5.08. The summed E-state index contributed by atoms with van der Waals surface area (Å²) in [5, 5.41) is 11.7. The molecule has 0 spiro atoms. The van der Waals surface area contributed by atoms with Gasteiger partial charge in [0.15, 0.2) is 0 Å². The monoisotopic (exact) mass is 444 g/mol. The Kier molecular flexibility index (Phi) is 7.94. The number of carbonyl (C=O) groups excluding carboxylic acids is 1. The summed E-state index contributed by atoms with van der Waals surface area (Å²) in [5.74, 6) is -1.84. The van der Waals surface area contributed by atoms with E-state index in [4.69, 9.17) is 19.1 Å². The number of fused-ring (bicyclic) bond motifs is 1. The smallest absolute Gasteiger partial charge is 0.475 e. The topological polar surface area (TPSA) is 92.0 Å². The number of nitrogens with one attached hydrogen (secondary N) is 1. The van der Waals surface area contributed by atoms with Crippen LogP contribution >= 0.6 is 0 Å². The van der Waals surface area contributed by atoms with Crippen molar-refractivity contribution in [1.29, 1.82) is 0 Å². The highest BCUT2D eigenvalue weighted by Crippen LogP contribution is 2.21. The van der Waals surface area contributed by atoms with E-state index in [-0.39, 0.29) is 12.1 Å². The van der Waals surface area contributed by atoms with E-state index < -0.39 is 17.7 Å². The Labute approximate surface area is 178 Å². The quantitative estimate of drug-likeness (QED) is 0.719. The number of benzene rings is 1. The number of para-hydroxylation sites is 1. The van der Waals surface area contributed by atoms with Gasteiger partial charge in [0.25, 0.3) is 0 Å². The van der Waals surface area contributed by atoms with Crippen LogP contribution in [0.15, 0.2) is 34.7 Å². The average Bonchev–Trinajstić information content (AvgIpc) is 3.26. The number of carboxylic acids is 1. The number of hydrogen-bond donors (Lipinski definition) is 2. The van der Waals surface area contributed by atoms with E-state index >= 15 is 0 Å². The van der Waals surface area contributed by atoms with Gasteiger partial charge in [0.1, 0.15) is 16.9 Å². The van der Waals surface area contributed by atoms with E-state index in [2.05, 4.69) is 11.4 Å². The second kappa shape index (κ2) is 10.0. The highest BCUT2D eigenvalue weighted by atomic mass is 19.4. The standard InChI is InChI=1S/C19H26N2O3.C2HF3O2/c1-19(2,3)24-18(22)21-10-6-8-15(21)12-20-13-16-11-14-7-4-5-9-17(14)23-16;3-2(4,5)1(6)7/h4-5,7,9,11,15,20H,6,8,10,12-13H2,1-3H3;(H,6,7). The number of likely N-dealkylation sites (tertiary alicyclic amines) is 1. The van der Waals surface area contributed by atoms with Crippen LogP contribution in [0.2, 0.25) is 0 Å². The Morgan fingerprint density at radius 1 is 1.26 bits per heavy atom. The van der Waals surface area contributed by atoms with Crippen molar-refractivity contribution in [2.24, 2.45) is 0 Å². The first kappa shape index (κ1) is 24.5. The third kappa shape index (κ3) is 7.78. The molecule has 31 heavy (non-hydrogen) atoms. The van der Waals surface area contributed by atoms with Crippen LogP contribution in [0.4, 0.5) is 18.0 Å². The molecule has 7 nitrogen and oxygen atoms in total. The van der Waals surface area contributed by atoms with Crippen LogP contribution in [-0.2, 0) is 16.1 Å². The van der Waals surface area contributed by atoms with Crippen LogP contribution in [-0.4, -0.2) is 53.0 Å².